The molecule has 1 aliphatic carbocycles. The van der Waals surface area contributed by atoms with Crippen LogP contribution < -0.4 is 0 Å². The fourth-order valence-corrected chi connectivity index (χ4v) is 3.31. The summed E-state index contributed by atoms with van der Waals surface area (Å²) in [6.45, 7) is 3.84. The smallest absolute Gasteiger partial charge is 0.168 e. The van der Waals surface area contributed by atoms with E-state index in [0.29, 0.717) is 5.54 Å². The molecule has 100 valence electrons. The zero-order valence-corrected chi connectivity index (χ0v) is 11.6. The molecular weight excluding hydrogens is 214 g/mol. The molecule has 0 aromatic heterocycles. The van der Waals surface area contributed by atoms with Crippen LogP contribution in [0.1, 0.15) is 51.9 Å². The zero-order valence-electron chi connectivity index (χ0n) is 11.6. The van der Waals surface area contributed by atoms with Crippen LogP contribution >= 0.6 is 0 Å². The largest absolute Gasteiger partial charge is 0.348 e. The number of unbranched alkanes of at least 4 members (excludes halogenated alkanes) is 1. The number of hydrogen-bond acceptors (Lipinski definition) is 3. The Morgan fingerprint density at radius 3 is 2.06 bits per heavy atom. The van der Waals surface area contributed by atoms with E-state index in [9.17, 15) is 0 Å². The summed E-state index contributed by atoms with van der Waals surface area (Å²) in [5, 5.41) is 0. The molecule has 2 aliphatic rings. The molecule has 0 aromatic carbocycles. The maximum Gasteiger partial charge on any atom is 0.168 e. The number of nitrogens with zero attached hydrogens (tertiary/aromatic N) is 1. The number of hydrogen-bond donors (Lipinski definition) is 0. The minimum absolute atomic E-state index is 0.217. The minimum atomic E-state index is -0.217. The molecule has 1 saturated carbocycles. The average molecular weight is 241 g/mol. The van der Waals surface area contributed by atoms with Crippen molar-refractivity contribution in [2.75, 3.05) is 27.3 Å². The maximum absolute atomic E-state index is 5.82. The van der Waals surface area contributed by atoms with E-state index in [0.717, 1.165) is 26.1 Å². The number of ether oxygens (including phenoxy) is 2. The van der Waals surface area contributed by atoms with Gasteiger partial charge in [0.15, 0.2) is 5.79 Å². The van der Waals surface area contributed by atoms with Crippen molar-refractivity contribution in [3.05, 3.63) is 0 Å². The van der Waals surface area contributed by atoms with Gasteiger partial charge in [-0.25, -0.2) is 0 Å². The standard InChI is InChI=1S/C14H27NO2/c1-4-5-6-13(15(2)3)7-9-14(10-8-13)16-11-12-17-14/h4-12H2,1-3H3. The highest BCUT2D eigenvalue weighted by Gasteiger charge is 2.46. The van der Waals surface area contributed by atoms with Crippen molar-refractivity contribution in [3.63, 3.8) is 0 Å². The van der Waals surface area contributed by atoms with Crippen LogP contribution in [0.3, 0.4) is 0 Å². The molecule has 0 N–H and O–H groups in total. The first-order valence-electron chi connectivity index (χ1n) is 7.08. The molecule has 1 spiro atoms. The van der Waals surface area contributed by atoms with E-state index in [1.807, 2.05) is 0 Å². The summed E-state index contributed by atoms with van der Waals surface area (Å²) in [6.07, 6.45) is 8.47. The lowest BCUT2D eigenvalue weighted by molar-refractivity contribution is -0.193. The van der Waals surface area contributed by atoms with Gasteiger partial charge in [-0.3, -0.25) is 0 Å². The van der Waals surface area contributed by atoms with Gasteiger partial charge in [-0.1, -0.05) is 19.8 Å². The maximum atomic E-state index is 5.82. The van der Waals surface area contributed by atoms with Gasteiger partial charge in [-0.2, -0.15) is 0 Å². The van der Waals surface area contributed by atoms with Crippen LogP contribution in [-0.2, 0) is 9.47 Å². The lowest BCUT2D eigenvalue weighted by Crippen LogP contribution is -2.51. The van der Waals surface area contributed by atoms with Crippen LogP contribution in [0, 0.1) is 0 Å². The van der Waals surface area contributed by atoms with Gasteiger partial charge >= 0.3 is 0 Å². The van der Waals surface area contributed by atoms with E-state index in [-0.39, 0.29) is 5.79 Å². The summed E-state index contributed by atoms with van der Waals surface area (Å²) in [5.74, 6) is -0.217. The van der Waals surface area contributed by atoms with Crippen molar-refractivity contribution < 1.29 is 9.47 Å². The van der Waals surface area contributed by atoms with Gasteiger partial charge < -0.3 is 14.4 Å². The monoisotopic (exact) mass is 241 g/mol. The summed E-state index contributed by atoms with van der Waals surface area (Å²) in [4.78, 5) is 2.43. The normalized spacial score (nSPS) is 26.8. The van der Waals surface area contributed by atoms with Crippen molar-refractivity contribution >= 4 is 0 Å². The predicted octanol–water partition coefficient (Wildman–Crippen LogP) is 2.79. The quantitative estimate of drug-likeness (QED) is 0.755. The molecular formula is C14H27NO2. The van der Waals surface area contributed by atoms with E-state index in [2.05, 4.69) is 25.9 Å². The van der Waals surface area contributed by atoms with Crippen molar-refractivity contribution in [2.24, 2.45) is 0 Å². The molecule has 0 radical (unpaired) electrons. The zero-order chi connectivity index (χ0) is 12.4. The Labute approximate surface area is 105 Å². The Morgan fingerprint density at radius 1 is 1.00 bits per heavy atom. The molecule has 0 atom stereocenters. The predicted molar refractivity (Wildman–Crippen MR) is 69.0 cm³/mol. The summed E-state index contributed by atoms with van der Waals surface area (Å²) >= 11 is 0. The van der Waals surface area contributed by atoms with Gasteiger partial charge in [0, 0.05) is 18.4 Å². The summed E-state index contributed by atoms with van der Waals surface area (Å²) < 4.78 is 11.6. The molecule has 1 saturated heterocycles. The van der Waals surface area contributed by atoms with Crippen LogP contribution in [-0.4, -0.2) is 43.5 Å². The van der Waals surface area contributed by atoms with E-state index in [1.54, 1.807) is 0 Å². The van der Waals surface area contributed by atoms with E-state index >= 15 is 0 Å². The Bertz CT molecular complexity index is 237. The van der Waals surface area contributed by atoms with Crippen molar-refractivity contribution in [3.8, 4) is 0 Å². The molecule has 2 rings (SSSR count). The van der Waals surface area contributed by atoms with E-state index in [1.165, 1.54) is 32.1 Å². The first-order valence-corrected chi connectivity index (χ1v) is 7.08. The van der Waals surface area contributed by atoms with E-state index < -0.39 is 0 Å². The molecule has 3 heteroatoms. The van der Waals surface area contributed by atoms with Gasteiger partial charge in [-0.15, -0.1) is 0 Å². The molecule has 1 aliphatic heterocycles. The second-order valence-electron chi connectivity index (χ2n) is 5.83. The van der Waals surface area contributed by atoms with Crippen LogP contribution in [0.4, 0.5) is 0 Å². The molecule has 2 fully saturated rings. The van der Waals surface area contributed by atoms with Gasteiger partial charge in [0.05, 0.1) is 13.2 Å². The second kappa shape index (κ2) is 5.25. The Morgan fingerprint density at radius 2 is 1.59 bits per heavy atom. The molecule has 0 aromatic rings. The van der Waals surface area contributed by atoms with Gasteiger partial charge in [0.1, 0.15) is 0 Å². The van der Waals surface area contributed by atoms with Crippen molar-refractivity contribution in [1.29, 1.82) is 0 Å². The number of rotatable bonds is 4. The third kappa shape index (κ3) is 2.67. The molecule has 3 nitrogen and oxygen atoms in total. The van der Waals surface area contributed by atoms with E-state index in [4.69, 9.17) is 9.47 Å². The van der Waals surface area contributed by atoms with Gasteiger partial charge in [0.2, 0.25) is 0 Å². The fraction of sp³-hybridized carbons (Fsp3) is 1.00. The Hall–Kier alpha value is -0.120. The van der Waals surface area contributed by atoms with Gasteiger partial charge in [0.25, 0.3) is 0 Å². The highest BCUT2D eigenvalue weighted by Crippen LogP contribution is 2.44. The molecule has 17 heavy (non-hydrogen) atoms. The van der Waals surface area contributed by atoms with Crippen LogP contribution in [0.2, 0.25) is 0 Å². The molecule has 1 heterocycles. The molecule has 0 bridgehead atoms. The second-order valence-corrected chi connectivity index (χ2v) is 5.83. The average Bonchev–Trinajstić information content (AvgIpc) is 2.77. The van der Waals surface area contributed by atoms with Crippen LogP contribution in [0.25, 0.3) is 0 Å². The SMILES string of the molecule is CCCCC1(N(C)C)CCC2(CC1)OCCO2. The lowest BCUT2D eigenvalue weighted by atomic mass is 9.75. The Balaban J connectivity index is 1.97. The summed E-state index contributed by atoms with van der Waals surface area (Å²) in [7, 11) is 4.45. The lowest BCUT2D eigenvalue weighted by Gasteiger charge is -2.47. The topological polar surface area (TPSA) is 21.7 Å². The summed E-state index contributed by atoms with van der Waals surface area (Å²) in [6, 6.07) is 0. The summed E-state index contributed by atoms with van der Waals surface area (Å²) in [5.41, 5.74) is 0.385. The Kier molecular flexibility index (Phi) is 4.11. The third-order valence-corrected chi connectivity index (χ3v) is 4.70. The molecule has 0 unspecified atom stereocenters. The van der Waals surface area contributed by atoms with Gasteiger partial charge in [-0.05, 0) is 33.4 Å². The molecule has 0 amide bonds. The highest BCUT2D eigenvalue weighted by atomic mass is 16.7. The minimum Gasteiger partial charge on any atom is -0.348 e. The first-order chi connectivity index (χ1) is 8.13. The highest BCUT2D eigenvalue weighted by molar-refractivity contribution is 4.96. The van der Waals surface area contributed by atoms with Crippen LogP contribution in [0.15, 0.2) is 0 Å². The van der Waals surface area contributed by atoms with Crippen molar-refractivity contribution in [2.45, 2.75) is 63.2 Å². The van der Waals surface area contributed by atoms with Crippen LogP contribution in [0.5, 0.6) is 0 Å². The first kappa shape index (κ1) is 13.3. The fourth-order valence-electron chi connectivity index (χ4n) is 3.31. The third-order valence-electron chi connectivity index (χ3n) is 4.70. The van der Waals surface area contributed by atoms with Crippen molar-refractivity contribution in [1.82, 2.24) is 4.90 Å².